The van der Waals surface area contributed by atoms with Crippen LogP contribution in [0.4, 0.5) is 0 Å². The van der Waals surface area contributed by atoms with Crippen molar-refractivity contribution in [3.8, 4) is 0 Å². The Balaban J connectivity index is 1.80. The predicted octanol–water partition coefficient (Wildman–Crippen LogP) is 1.78. The molecule has 0 bridgehead atoms. The minimum absolute atomic E-state index is 0.0103. The van der Waals surface area contributed by atoms with Gasteiger partial charge in [-0.1, -0.05) is 13.8 Å². The summed E-state index contributed by atoms with van der Waals surface area (Å²) in [5.74, 6) is -0.406. The quantitative estimate of drug-likeness (QED) is 0.661. The molecule has 0 spiro atoms. The summed E-state index contributed by atoms with van der Waals surface area (Å²) >= 11 is 0. The van der Waals surface area contributed by atoms with E-state index in [-0.39, 0.29) is 35.7 Å². The van der Waals surface area contributed by atoms with Gasteiger partial charge in [-0.25, -0.2) is 0 Å². The zero-order valence-electron chi connectivity index (χ0n) is 15.9. The monoisotopic (exact) mass is 362 g/mol. The zero-order chi connectivity index (χ0) is 19.1. The van der Waals surface area contributed by atoms with E-state index in [1.165, 1.54) is 0 Å². The van der Waals surface area contributed by atoms with Crippen molar-refractivity contribution in [1.82, 2.24) is 0 Å². The van der Waals surface area contributed by atoms with E-state index < -0.39 is 28.6 Å². The molecule has 5 heteroatoms. The van der Waals surface area contributed by atoms with Gasteiger partial charge in [0, 0.05) is 17.3 Å². The number of carbonyl (C=O) groups excluding carboxylic acids is 2. The largest absolute Gasteiger partial charge is 0.390 e. The highest BCUT2D eigenvalue weighted by molar-refractivity contribution is 5.95. The smallest absolute Gasteiger partial charge is 0.159 e. The minimum atomic E-state index is -1.13. The van der Waals surface area contributed by atoms with Gasteiger partial charge in [0.1, 0.15) is 5.78 Å². The number of fused-ring (bicyclic) bond motifs is 5. The van der Waals surface area contributed by atoms with Gasteiger partial charge in [-0.05, 0) is 68.4 Å². The molecule has 0 saturated heterocycles. The Bertz CT molecular complexity index is 699. The van der Waals surface area contributed by atoms with Gasteiger partial charge in [0.2, 0.25) is 0 Å². The Morgan fingerprint density at radius 2 is 1.81 bits per heavy atom. The molecule has 0 heterocycles. The fourth-order valence-corrected chi connectivity index (χ4v) is 7.02. The summed E-state index contributed by atoms with van der Waals surface area (Å²) < 4.78 is 0. The third-order valence-electron chi connectivity index (χ3n) is 8.61. The van der Waals surface area contributed by atoms with E-state index >= 15 is 0 Å². The molecule has 5 nitrogen and oxygen atoms in total. The maximum absolute atomic E-state index is 12.9. The van der Waals surface area contributed by atoms with Gasteiger partial charge >= 0.3 is 0 Å². The first kappa shape index (κ1) is 18.3. The van der Waals surface area contributed by atoms with E-state index in [1.54, 1.807) is 13.0 Å². The SMILES string of the molecule is CC(=O)[C@H]1CC[C@@]2(O)C3=CC(=O)[C@@H]4C[C@@H](O)[C@@H](O)C[C@@]4(C)[C@H]3CC[C@@]12C. The molecular weight excluding hydrogens is 332 g/mol. The van der Waals surface area contributed by atoms with Crippen LogP contribution in [0.1, 0.15) is 59.3 Å². The number of hydrogen-bond acceptors (Lipinski definition) is 5. The number of hydrogen-bond donors (Lipinski definition) is 3. The van der Waals surface area contributed by atoms with Crippen LogP contribution in [0.3, 0.4) is 0 Å². The van der Waals surface area contributed by atoms with Crippen molar-refractivity contribution >= 4 is 11.6 Å². The molecule has 0 aromatic heterocycles. The maximum atomic E-state index is 12.9. The number of aliphatic hydroxyl groups is 3. The molecule has 3 fully saturated rings. The average Bonchev–Trinajstić information content (AvgIpc) is 2.83. The van der Waals surface area contributed by atoms with Crippen LogP contribution in [-0.4, -0.2) is 44.7 Å². The topological polar surface area (TPSA) is 94.8 Å². The molecule has 0 radical (unpaired) electrons. The lowest BCUT2D eigenvalue weighted by Gasteiger charge is -2.59. The van der Waals surface area contributed by atoms with Gasteiger partial charge in [0.25, 0.3) is 0 Å². The first-order valence-corrected chi connectivity index (χ1v) is 9.89. The molecule has 144 valence electrons. The lowest BCUT2D eigenvalue weighted by molar-refractivity contribution is -0.153. The van der Waals surface area contributed by atoms with E-state index in [0.29, 0.717) is 19.3 Å². The van der Waals surface area contributed by atoms with Crippen molar-refractivity contribution in [3.63, 3.8) is 0 Å². The van der Waals surface area contributed by atoms with Crippen molar-refractivity contribution in [1.29, 1.82) is 0 Å². The third-order valence-corrected chi connectivity index (χ3v) is 8.61. The van der Waals surface area contributed by atoms with Crippen LogP contribution in [0.5, 0.6) is 0 Å². The van der Waals surface area contributed by atoms with E-state index in [0.717, 1.165) is 18.4 Å². The van der Waals surface area contributed by atoms with Crippen molar-refractivity contribution < 1.29 is 24.9 Å². The van der Waals surface area contributed by atoms with Crippen LogP contribution < -0.4 is 0 Å². The second kappa shape index (κ2) is 5.49. The lowest BCUT2D eigenvalue weighted by Crippen LogP contribution is -2.60. The number of rotatable bonds is 1. The first-order valence-electron chi connectivity index (χ1n) is 9.89. The summed E-state index contributed by atoms with van der Waals surface area (Å²) in [6.45, 7) is 5.64. The molecule has 4 rings (SSSR count). The standard InChI is InChI=1S/C21H30O5/c1-11(22)12-5-7-21(26)14-8-16(23)15-9-17(24)18(25)10-19(15,2)13(14)4-6-20(12,21)3/h8,12-13,15,17-18,24-26H,4-7,9-10H2,1-3H3/t12-,13+,15+,17-,18+,19+,20+,21-/m1/s1. The Labute approximate surface area is 154 Å². The summed E-state index contributed by atoms with van der Waals surface area (Å²) in [5.41, 5.74) is -1.33. The minimum Gasteiger partial charge on any atom is -0.390 e. The fourth-order valence-electron chi connectivity index (χ4n) is 7.02. The van der Waals surface area contributed by atoms with E-state index in [4.69, 9.17) is 0 Å². The Morgan fingerprint density at radius 1 is 1.12 bits per heavy atom. The van der Waals surface area contributed by atoms with Crippen LogP contribution >= 0.6 is 0 Å². The Morgan fingerprint density at radius 3 is 2.46 bits per heavy atom. The molecule has 0 amide bonds. The number of aliphatic hydroxyl groups excluding tert-OH is 2. The number of ketones is 2. The molecule has 0 aliphatic heterocycles. The molecule has 0 unspecified atom stereocenters. The summed E-state index contributed by atoms with van der Waals surface area (Å²) in [6.07, 6.45) is 3.29. The van der Waals surface area contributed by atoms with Gasteiger partial charge < -0.3 is 15.3 Å². The summed E-state index contributed by atoms with van der Waals surface area (Å²) in [7, 11) is 0. The zero-order valence-corrected chi connectivity index (χ0v) is 15.9. The second-order valence-corrected chi connectivity index (χ2v) is 9.71. The average molecular weight is 362 g/mol. The van der Waals surface area contributed by atoms with Crippen molar-refractivity contribution in [2.24, 2.45) is 28.6 Å². The fraction of sp³-hybridized carbons (Fsp3) is 0.810. The molecular formula is C21H30O5. The maximum Gasteiger partial charge on any atom is 0.159 e. The molecule has 8 atom stereocenters. The van der Waals surface area contributed by atoms with Gasteiger partial charge in [0.05, 0.1) is 17.8 Å². The van der Waals surface area contributed by atoms with E-state index in [1.807, 2.05) is 13.8 Å². The summed E-state index contributed by atoms with van der Waals surface area (Å²) in [5, 5.41) is 32.1. The van der Waals surface area contributed by atoms with Gasteiger partial charge in [-0.2, -0.15) is 0 Å². The molecule has 3 saturated carbocycles. The van der Waals surface area contributed by atoms with Crippen molar-refractivity contribution in [2.45, 2.75) is 77.1 Å². The highest BCUT2D eigenvalue weighted by Crippen LogP contribution is 2.67. The lowest BCUT2D eigenvalue weighted by atomic mass is 9.46. The van der Waals surface area contributed by atoms with Crippen LogP contribution in [0.2, 0.25) is 0 Å². The van der Waals surface area contributed by atoms with Crippen molar-refractivity contribution in [3.05, 3.63) is 11.6 Å². The predicted molar refractivity (Wildman–Crippen MR) is 95.1 cm³/mol. The Kier molecular flexibility index (Phi) is 3.87. The van der Waals surface area contributed by atoms with Gasteiger partial charge in [-0.3, -0.25) is 9.59 Å². The number of allylic oxidation sites excluding steroid dienone is 1. The number of Topliss-reactive ketones (excluding diaryl/α,β-unsaturated/α-hetero) is 1. The number of carbonyl (C=O) groups is 2. The van der Waals surface area contributed by atoms with Crippen molar-refractivity contribution in [2.75, 3.05) is 0 Å². The van der Waals surface area contributed by atoms with Gasteiger partial charge in [0.15, 0.2) is 5.78 Å². The normalized spacial score (nSPS) is 53.4. The molecule has 0 aromatic carbocycles. The molecule has 4 aliphatic rings. The highest BCUT2D eigenvalue weighted by atomic mass is 16.3. The molecule has 4 aliphatic carbocycles. The van der Waals surface area contributed by atoms with Crippen LogP contribution in [-0.2, 0) is 9.59 Å². The third kappa shape index (κ3) is 2.08. The molecule has 0 aromatic rings. The molecule has 3 N–H and O–H groups in total. The van der Waals surface area contributed by atoms with Crippen LogP contribution in [0.15, 0.2) is 11.6 Å². The highest BCUT2D eigenvalue weighted by Gasteiger charge is 2.67. The summed E-state index contributed by atoms with van der Waals surface area (Å²) in [6, 6.07) is 0. The summed E-state index contributed by atoms with van der Waals surface area (Å²) in [4.78, 5) is 25.1. The first-order chi connectivity index (χ1) is 12.0. The van der Waals surface area contributed by atoms with E-state index in [9.17, 15) is 24.9 Å². The Hall–Kier alpha value is -1.04. The van der Waals surface area contributed by atoms with Crippen LogP contribution in [0, 0.1) is 28.6 Å². The van der Waals surface area contributed by atoms with E-state index in [2.05, 4.69) is 0 Å². The van der Waals surface area contributed by atoms with Crippen LogP contribution in [0.25, 0.3) is 0 Å². The second-order valence-electron chi connectivity index (χ2n) is 9.71. The van der Waals surface area contributed by atoms with Gasteiger partial charge in [-0.15, -0.1) is 0 Å². The molecule has 26 heavy (non-hydrogen) atoms.